The van der Waals surface area contributed by atoms with Gasteiger partial charge in [-0.1, -0.05) is 198 Å². The summed E-state index contributed by atoms with van der Waals surface area (Å²) < 4.78 is 10.8. The smallest absolute Gasteiger partial charge is 0.306 e. The maximum absolute atomic E-state index is 13.4. The molecule has 0 aromatic heterocycles. The summed E-state index contributed by atoms with van der Waals surface area (Å²) in [6.07, 6.45) is 59.2. The van der Waals surface area contributed by atoms with Gasteiger partial charge >= 0.3 is 11.9 Å². The van der Waals surface area contributed by atoms with Gasteiger partial charge in [0.1, 0.15) is 12.4 Å². The summed E-state index contributed by atoms with van der Waals surface area (Å²) in [5, 5.41) is 9.76. The second kappa shape index (κ2) is 50.8. The Morgan fingerprint density at radius 2 is 0.746 bits per heavy atom. The number of aliphatic hydroxyl groups excluding tert-OH is 1. The number of ether oxygens (including phenoxy) is 2. The number of allylic oxidation sites excluding steroid dienone is 6. The van der Waals surface area contributed by atoms with E-state index in [4.69, 9.17) is 9.47 Å². The van der Waals surface area contributed by atoms with Crippen molar-refractivity contribution in [2.45, 2.75) is 290 Å². The average molecular weight is 885 g/mol. The molecular formula is C57H104O6. The highest BCUT2D eigenvalue weighted by atomic mass is 16.6. The highest BCUT2D eigenvalue weighted by molar-refractivity contribution is 5.80. The van der Waals surface area contributed by atoms with E-state index in [1.165, 1.54) is 161 Å². The van der Waals surface area contributed by atoms with Crippen molar-refractivity contribution < 1.29 is 29.0 Å². The van der Waals surface area contributed by atoms with Crippen LogP contribution in [0.2, 0.25) is 0 Å². The van der Waals surface area contributed by atoms with Gasteiger partial charge in [0, 0.05) is 25.2 Å². The normalized spacial score (nSPS) is 12.8. The first-order valence-corrected chi connectivity index (χ1v) is 27.4. The monoisotopic (exact) mass is 885 g/mol. The SMILES string of the molecule is CCCCCCCCC=CCCCCCCCC(=O)OC(CO)COC(=O)CCCCC(CCC=CCCCCCCCC)C(=O)CCCCCCCC=CCCCCCCCC. The summed E-state index contributed by atoms with van der Waals surface area (Å²) in [7, 11) is 0. The summed E-state index contributed by atoms with van der Waals surface area (Å²) in [5.41, 5.74) is 0. The molecule has 0 saturated heterocycles. The predicted molar refractivity (Wildman–Crippen MR) is 270 cm³/mol. The maximum Gasteiger partial charge on any atom is 0.306 e. The lowest BCUT2D eigenvalue weighted by Crippen LogP contribution is -2.28. The van der Waals surface area contributed by atoms with E-state index in [1.54, 1.807) is 0 Å². The summed E-state index contributed by atoms with van der Waals surface area (Å²) in [4.78, 5) is 38.4. The summed E-state index contributed by atoms with van der Waals surface area (Å²) in [6, 6.07) is 0. The topological polar surface area (TPSA) is 89.9 Å². The van der Waals surface area contributed by atoms with Gasteiger partial charge in [-0.25, -0.2) is 0 Å². The fraction of sp³-hybridized carbons (Fsp3) is 0.842. The van der Waals surface area contributed by atoms with Crippen molar-refractivity contribution in [2.75, 3.05) is 13.2 Å². The lowest BCUT2D eigenvalue weighted by molar-refractivity contribution is -0.161. The van der Waals surface area contributed by atoms with Gasteiger partial charge in [-0.15, -0.1) is 0 Å². The summed E-state index contributed by atoms with van der Waals surface area (Å²) in [6.45, 7) is 6.28. The minimum atomic E-state index is -0.836. The molecule has 1 N–H and O–H groups in total. The van der Waals surface area contributed by atoms with E-state index in [2.05, 4.69) is 57.2 Å². The standard InChI is InChI=1S/C57H104O6/c1-4-7-10-13-16-19-22-24-26-28-30-33-36-39-42-48-55(59)53(46-41-38-35-32-21-18-15-12-9-6-3)47-44-45-49-56(60)62-52-54(51-58)63-57(61)50-43-40-37-34-31-29-27-25-23-20-17-14-11-8-5-2/h24-27,35,38,53-54,58H,4-23,28-34,36-37,39-52H2,1-3H3. The first-order valence-electron chi connectivity index (χ1n) is 27.4. The molecule has 2 unspecified atom stereocenters. The molecule has 0 amide bonds. The number of aliphatic hydroxyl groups is 1. The van der Waals surface area contributed by atoms with Gasteiger partial charge in [-0.2, -0.15) is 0 Å². The number of carbonyl (C=O) groups is 3. The molecule has 0 heterocycles. The first-order chi connectivity index (χ1) is 31.0. The van der Waals surface area contributed by atoms with Crippen LogP contribution in [0.1, 0.15) is 284 Å². The van der Waals surface area contributed by atoms with Gasteiger partial charge in [0.25, 0.3) is 0 Å². The van der Waals surface area contributed by atoms with Crippen molar-refractivity contribution in [3.8, 4) is 0 Å². The molecular weight excluding hydrogens is 781 g/mol. The molecule has 0 aromatic carbocycles. The van der Waals surface area contributed by atoms with Gasteiger partial charge in [0.05, 0.1) is 6.61 Å². The minimum Gasteiger partial charge on any atom is -0.462 e. The molecule has 0 rings (SSSR count). The molecule has 0 aliphatic carbocycles. The molecule has 0 fully saturated rings. The number of hydrogen-bond acceptors (Lipinski definition) is 6. The third-order valence-electron chi connectivity index (χ3n) is 12.5. The molecule has 368 valence electrons. The van der Waals surface area contributed by atoms with Crippen molar-refractivity contribution in [1.82, 2.24) is 0 Å². The van der Waals surface area contributed by atoms with Crippen LogP contribution in [0.4, 0.5) is 0 Å². The Morgan fingerprint density at radius 1 is 0.397 bits per heavy atom. The van der Waals surface area contributed by atoms with Crippen LogP contribution >= 0.6 is 0 Å². The third-order valence-corrected chi connectivity index (χ3v) is 12.5. The van der Waals surface area contributed by atoms with Crippen molar-refractivity contribution >= 4 is 17.7 Å². The van der Waals surface area contributed by atoms with Crippen molar-refractivity contribution in [3.05, 3.63) is 36.5 Å². The second-order valence-electron chi connectivity index (χ2n) is 18.7. The van der Waals surface area contributed by atoms with E-state index < -0.39 is 6.10 Å². The van der Waals surface area contributed by atoms with Gasteiger partial charge in [-0.05, 0) is 103 Å². The number of unbranched alkanes of at least 4 members (excludes halogenated alkanes) is 29. The molecule has 0 aliphatic rings. The molecule has 0 saturated carbocycles. The highest BCUT2D eigenvalue weighted by Crippen LogP contribution is 2.22. The van der Waals surface area contributed by atoms with E-state index >= 15 is 0 Å². The Bertz CT molecular complexity index is 1080. The van der Waals surface area contributed by atoms with Crippen molar-refractivity contribution in [3.63, 3.8) is 0 Å². The first kappa shape index (κ1) is 60.8. The van der Waals surface area contributed by atoms with Crippen LogP contribution in [-0.2, 0) is 23.9 Å². The van der Waals surface area contributed by atoms with Gasteiger partial charge in [0.15, 0.2) is 6.10 Å². The molecule has 0 radical (unpaired) electrons. The summed E-state index contributed by atoms with van der Waals surface area (Å²) in [5.74, 6) is -0.279. The number of esters is 2. The van der Waals surface area contributed by atoms with Crippen LogP contribution in [-0.4, -0.2) is 42.1 Å². The molecule has 0 spiro atoms. The summed E-state index contributed by atoms with van der Waals surface area (Å²) >= 11 is 0. The van der Waals surface area contributed by atoms with Crippen LogP contribution in [0.5, 0.6) is 0 Å². The Morgan fingerprint density at radius 3 is 1.17 bits per heavy atom. The highest BCUT2D eigenvalue weighted by Gasteiger charge is 2.19. The molecule has 6 nitrogen and oxygen atoms in total. The number of hydrogen-bond donors (Lipinski definition) is 1. The lowest BCUT2D eigenvalue weighted by atomic mass is 9.89. The number of Topliss-reactive ketones (excluding diaryl/α,β-unsaturated/α-hetero) is 1. The van der Waals surface area contributed by atoms with E-state index in [1.807, 2.05) is 0 Å². The maximum atomic E-state index is 13.4. The van der Waals surface area contributed by atoms with Crippen LogP contribution in [0.25, 0.3) is 0 Å². The molecule has 2 atom stereocenters. The van der Waals surface area contributed by atoms with Crippen LogP contribution in [0.15, 0.2) is 36.5 Å². The minimum absolute atomic E-state index is 0.0383. The second-order valence-corrected chi connectivity index (χ2v) is 18.7. The van der Waals surface area contributed by atoms with Crippen LogP contribution < -0.4 is 0 Å². The van der Waals surface area contributed by atoms with Crippen LogP contribution in [0.3, 0.4) is 0 Å². The predicted octanol–water partition coefficient (Wildman–Crippen LogP) is 17.3. The Balaban J connectivity index is 4.37. The van der Waals surface area contributed by atoms with Gasteiger partial charge in [-0.3, -0.25) is 14.4 Å². The van der Waals surface area contributed by atoms with E-state index in [-0.39, 0.29) is 37.5 Å². The zero-order valence-electron chi connectivity index (χ0n) is 42.0. The molecule has 0 bridgehead atoms. The fourth-order valence-corrected chi connectivity index (χ4v) is 8.24. The Kier molecular flexibility index (Phi) is 49.0. The molecule has 63 heavy (non-hydrogen) atoms. The molecule has 0 aromatic rings. The van der Waals surface area contributed by atoms with Gasteiger partial charge < -0.3 is 14.6 Å². The van der Waals surface area contributed by atoms with E-state index in [0.29, 0.717) is 25.0 Å². The van der Waals surface area contributed by atoms with E-state index in [0.717, 1.165) is 77.0 Å². The average Bonchev–Trinajstić information content (AvgIpc) is 3.28. The quantitative estimate of drug-likeness (QED) is 0.0372. The lowest BCUT2D eigenvalue weighted by Gasteiger charge is -2.16. The number of carbonyl (C=O) groups excluding carboxylic acids is 3. The zero-order valence-corrected chi connectivity index (χ0v) is 42.0. The Hall–Kier alpha value is -2.21. The third kappa shape index (κ3) is 46.1. The van der Waals surface area contributed by atoms with Crippen LogP contribution in [0, 0.1) is 5.92 Å². The molecule has 6 heteroatoms. The number of ketones is 1. The number of rotatable bonds is 50. The fourth-order valence-electron chi connectivity index (χ4n) is 8.24. The largest absolute Gasteiger partial charge is 0.462 e. The van der Waals surface area contributed by atoms with Crippen molar-refractivity contribution in [1.29, 1.82) is 0 Å². The van der Waals surface area contributed by atoms with Gasteiger partial charge in [0.2, 0.25) is 0 Å². The Labute approximate surface area is 391 Å². The van der Waals surface area contributed by atoms with E-state index in [9.17, 15) is 19.5 Å². The van der Waals surface area contributed by atoms with Crippen molar-refractivity contribution in [2.24, 2.45) is 5.92 Å². The zero-order chi connectivity index (χ0) is 45.9. The molecule has 0 aliphatic heterocycles.